The number of hydrogen-bond donors (Lipinski definition) is 1. The average Bonchev–Trinajstić information content (AvgIpc) is 2.69. The van der Waals surface area contributed by atoms with E-state index in [1.807, 2.05) is 30.1 Å². The molecule has 0 unspecified atom stereocenters. The van der Waals surface area contributed by atoms with Gasteiger partial charge in [-0.15, -0.1) is 0 Å². The van der Waals surface area contributed by atoms with Crippen LogP contribution < -0.4 is 5.73 Å². The first kappa shape index (κ1) is 9.86. The Hall–Kier alpha value is -1.68. The van der Waals surface area contributed by atoms with Gasteiger partial charge < -0.3 is 5.73 Å². The molecule has 0 atom stereocenters. The summed E-state index contributed by atoms with van der Waals surface area (Å²) in [6.45, 7) is 3.25. The molecule has 78 valence electrons. The van der Waals surface area contributed by atoms with Gasteiger partial charge in [0, 0.05) is 30.2 Å². The van der Waals surface area contributed by atoms with E-state index < -0.39 is 0 Å². The highest BCUT2D eigenvalue weighted by Crippen LogP contribution is 2.03. The number of nitrogens with two attached hydrogens (primary N) is 1. The Morgan fingerprint density at radius 3 is 2.73 bits per heavy atom. The first-order valence-electron chi connectivity index (χ1n) is 4.91. The van der Waals surface area contributed by atoms with Crippen LogP contribution in [0.1, 0.15) is 16.8 Å². The molecule has 0 radical (unpaired) electrons. The summed E-state index contributed by atoms with van der Waals surface area (Å²) in [7, 11) is 0. The molecule has 0 saturated heterocycles. The maximum Gasteiger partial charge on any atom is 0.0674 e. The fourth-order valence-electron chi connectivity index (χ4n) is 1.38. The summed E-state index contributed by atoms with van der Waals surface area (Å²) in [5.41, 5.74) is 8.74. The number of aromatic nitrogens is 3. The maximum absolute atomic E-state index is 5.51. The Labute approximate surface area is 88.8 Å². The minimum Gasteiger partial charge on any atom is -0.326 e. The highest BCUT2D eigenvalue weighted by atomic mass is 15.3. The van der Waals surface area contributed by atoms with Gasteiger partial charge >= 0.3 is 0 Å². The van der Waals surface area contributed by atoms with Gasteiger partial charge in [-0.05, 0) is 18.6 Å². The predicted molar refractivity (Wildman–Crippen MR) is 58.2 cm³/mol. The number of nitrogens with zero attached hydrogens (tertiary/aromatic N) is 3. The third-order valence-corrected chi connectivity index (χ3v) is 2.24. The molecule has 0 aliphatic heterocycles. The van der Waals surface area contributed by atoms with Gasteiger partial charge in [-0.3, -0.25) is 9.67 Å². The monoisotopic (exact) mass is 202 g/mol. The smallest absolute Gasteiger partial charge is 0.0674 e. The SMILES string of the molecule is Cc1ccc(Cn2cc(CN)cn2)cn1. The van der Waals surface area contributed by atoms with Crippen LogP contribution in [0.15, 0.2) is 30.7 Å². The Kier molecular flexibility index (Phi) is 2.78. The van der Waals surface area contributed by atoms with Gasteiger partial charge in [0.15, 0.2) is 0 Å². The molecule has 2 aromatic heterocycles. The summed E-state index contributed by atoms with van der Waals surface area (Å²) in [6.07, 6.45) is 5.63. The van der Waals surface area contributed by atoms with Crippen LogP contribution in [0.3, 0.4) is 0 Å². The van der Waals surface area contributed by atoms with Gasteiger partial charge in [0.2, 0.25) is 0 Å². The summed E-state index contributed by atoms with van der Waals surface area (Å²) in [4.78, 5) is 4.24. The van der Waals surface area contributed by atoms with Gasteiger partial charge in [-0.2, -0.15) is 5.10 Å². The van der Waals surface area contributed by atoms with E-state index in [0.29, 0.717) is 6.54 Å². The van der Waals surface area contributed by atoms with E-state index in [-0.39, 0.29) is 0 Å². The number of rotatable bonds is 3. The van der Waals surface area contributed by atoms with Crippen LogP contribution in [0.2, 0.25) is 0 Å². The number of aryl methyl sites for hydroxylation is 1. The lowest BCUT2D eigenvalue weighted by Gasteiger charge is -2.01. The molecule has 0 aliphatic rings. The molecular formula is C11H14N4. The summed E-state index contributed by atoms with van der Waals surface area (Å²) >= 11 is 0. The minimum atomic E-state index is 0.534. The molecule has 0 amide bonds. The number of hydrogen-bond acceptors (Lipinski definition) is 3. The van der Waals surface area contributed by atoms with E-state index in [2.05, 4.69) is 16.1 Å². The maximum atomic E-state index is 5.51. The largest absolute Gasteiger partial charge is 0.326 e. The van der Waals surface area contributed by atoms with Crippen molar-refractivity contribution in [2.75, 3.05) is 0 Å². The molecule has 2 heterocycles. The average molecular weight is 202 g/mol. The number of pyridine rings is 1. The van der Waals surface area contributed by atoms with Crippen LogP contribution in [-0.2, 0) is 13.1 Å². The van der Waals surface area contributed by atoms with Gasteiger partial charge in [0.05, 0.1) is 12.7 Å². The van der Waals surface area contributed by atoms with Crippen molar-refractivity contribution in [3.8, 4) is 0 Å². The fraction of sp³-hybridized carbons (Fsp3) is 0.273. The van der Waals surface area contributed by atoms with Crippen molar-refractivity contribution in [1.29, 1.82) is 0 Å². The van der Waals surface area contributed by atoms with Crippen molar-refractivity contribution < 1.29 is 0 Å². The standard InChI is InChI=1S/C11H14N4/c1-9-2-3-10(5-13-9)7-15-8-11(4-12)6-14-15/h2-3,5-6,8H,4,7,12H2,1H3. The Morgan fingerprint density at radius 2 is 2.13 bits per heavy atom. The van der Waals surface area contributed by atoms with Crippen molar-refractivity contribution in [3.05, 3.63) is 47.5 Å². The molecule has 15 heavy (non-hydrogen) atoms. The van der Waals surface area contributed by atoms with Crippen LogP contribution >= 0.6 is 0 Å². The van der Waals surface area contributed by atoms with E-state index in [0.717, 1.165) is 23.4 Å². The van der Waals surface area contributed by atoms with Crippen LogP contribution in [0, 0.1) is 6.92 Å². The Bertz CT molecular complexity index is 430. The second kappa shape index (κ2) is 4.23. The molecule has 0 saturated carbocycles. The molecule has 2 N–H and O–H groups in total. The lowest BCUT2D eigenvalue weighted by Crippen LogP contribution is -2.01. The molecule has 0 aliphatic carbocycles. The van der Waals surface area contributed by atoms with Gasteiger partial charge in [0.1, 0.15) is 0 Å². The molecule has 2 aromatic rings. The van der Waals surface area contributed by atoms with Crippen LogP contribution in [0.25, 0.3) is 0 Å². The second-order valence-corrected chi connectivity index (χ2v) is 3.56. The van der Waals surface area contributed by atoms with Crippen LogP contribution in [0.5, 0.6) is 0 Å². The van der Waals surface area contributed by atoms with Crippen LogP contribution in [0.4, 0.5) is 0 Å². The van der Waals surface area contributed by atoms with E-state index in [1.165, 1.54) is 0 Å². The molecule has 2 rings (SSSR count). The predicted octanol–water partition coefficient (Wildman–Crippen LogP) is 1.09. The van der Waals surface area contributed by atoms with E-state index in [1.54, 1.807) is 6.20 Å². The molecule has 0 spiro atoms. The molecule has 0 bridgehead atoms. The third kappa shape index (κ3) is 2.41. The van der Waals surface area contributed by atoms with Gasteiger partial charge in [-0.25, -0.2) is 0 Å². The highest BCUT2D eigenvalue weighted by molar-refractivity contribution is 5.14. The van der Waals surface area contributed by atoms with Crippen molar-refractivity contribution >= 4 is 0 Å². The molecule has 0 aromatic carbocycles. The van der Waals surface area contributed by atoms with Gasteiger partial charge in [0.25, 0.3) is 0 Å². The van der Waals surface area contributed by atoms with E-state index in [9.17, 15) is 0 Å². The van der Waals surface area contributed by atoms with Crippen molar-refractivity contribution in [2.45, 2.75) is 20.0 Å². The molecule has 0 fully saturated rings. The molecule has 4 heteroatoms. The zero-order valence-electron chi connectivity index (χ0n) is 8.72. The molecule has 4 nitrogen and oxygen atoms in total. The summed E-state index contributed by atoms with van der Waals surface area (Å²) < 4.78 is 1.87. The van der Waals surface area contributed by atoms with E-state index >= 15 is 0 Å². The second-order valence-electron chi connectivity index (χ2n) is 3.56. The Morgan fingerprint density at radius 1 is 1.27 bits per heavy atom. The quantitative estimate of drug-likeness (QED) is 0.810. The van der Waals surface area contributed by atoms with Crippen LogP contribution in [-0.4, -0.2) is 14.8 Å². The summed E-state index contributed by atoms with van der Waals surface area (Å²) in [6, 6.07) is 4.06. The Balaban J connectivity index is 2.11. The highest BCUT2D eigenvalue weighted by Gasteiger charge is 1.98. The van der Waals surface area contributed by atoms with Crippen molar-refractivity contribution in [1.82, 2.24) is 14.8 Å². The van der Waals surface area contributed by atoms with Crippen molar-refractivity contribution in [3.63, 3.8) is 0 Å². The first-order valence-corrected chi connectivity index (χ1v) is 4.91. The molecular weight excluding hydrogens is 188 g/mol. The third-order valence-electron chi connectivity index (χ3n) is 2.24. The normalized spacial score (nSPS) is 10.5. The lowest BCUT2D eigenvalue weighted by atomic mass is 10.2. The van der Waals surface area contributed by atoms with Crippen molar-refractivity contribution in [2.24, 2.45) is 5.73 Å². The lowest BCUT2D eigenvalue weighted by molar-refractivity contribution is 0.683. The minimum absolute atomic E-state index is 0.534. The van der Waals surface area contributed by atoms with E-state index in [4.69, 9.17) is 5.73 Å². The van der Waals surface area contributed by atoms with Gasteiger partial charge in [-0.1, -0.05) is 6.07 Å². The topological polar surface area (TPSA) is 56.7 Å². The zero-order chi connectivity index (χ0) is 10.7. The summed E-state index contributed by atoms with van der Waals surface area (Å²) in [5, 5.41) is 4.21. The first-order chi connectivity index (χ1) is 7.28. The fourth-order valence-corrected chi connectivity index (χ4v) is 1.38. The summed E-state index contributed by atoms with van der Waals surface area (Å²) in [5.74, 6) is 0. The zero-order valence-corrected chi connectivity index (χ0v) is 8.72.